The molecule has 5 nitrogen and oxygen atoms in total. The topological polar surface area (TPSA) is 69.2 Å². The summed E-state index contributed by atoms with van der Waals surface area (Å²) in [5.41, 5.74) is 2.22. The van der Waals surface area contributed by atoms with Crippen molar-refractivity contribution in [3.8, 4) is 11.3 Å². The number of aromatic nitrogens is 2. The Labute approximate surface area is 123 Å². The number of benzene rings is 1. The molecule has 0 unspecified atom stereocenters. The maximum atomic E-state index is 12.6. The fourth-order valence-electron chi connectivity index (χ4n) is 2.60. The molecule has 1 aromatic carbocycles. The number of carbonyl (C=O) groups is 1. The second kappa shape index (κ2) is 6.10. The summed E-state index contributed by atoms with van der Waals surface area (Å²) >= 11 is 0. The lowest BCUT2D eigenvalue weighted by molar-refractivity contribution is 0.0520. The Hall–Kier alpha value is -2.14. The summed E-state index contributed by atoms with van der Waals surface area (Å²) in [5.74, 6) is -0.0802. The third-order valence-electron chi connectivity index (χ3n) is 4.00. The van der Waals surface area contributed by atoms with Gasteiger partial charge in [0.2, 0.25) is 0 Å². The molecule has 1 aliphatic rings. The van der Waals surface area contributed by atoms with Crippen LogP contribution in [0, 0.1) is 0 Å². The predicted molar refractivity (Wildman–Crippen MR) is 79.8 cm³/mol. The number of rotatable bonds is 5. The molecule has 5 heteroatoms. The molecular formula is C16H19N3O2. The molecule has 0 radical (unpaired) electrons. The van der Waals surface area contributed by atoms with Crippen LogP contribution in [0.5, 0.6) is 0 Å². The quantitative estimate of drug-likeness (QED) is 0.883. The smallest absolute Gasteiger partial charge is 0.272 e. The minimum Gasteiger partial charge on any atom is -0.395 e. The maximum absolute atomic E-state index is 12.6. The zero-order valence-corrected chi connectivity index (χ0v) is 11.8. The zero-order valence-electron chi connectivity index (χ0n) is 11.8. The van der Waals surface area contributed by atoms with Crippen molar-refractivity contribution in [2.24, 2.45) is 0 Å². The predicted octanol–water partition coefficient (Wildman–Crippen LogP) is 2.06. The fourth-order valence-corrected chi connectivity index (χ4v) is 2.60. The molecule has 21 heavy (non-hydrogen) atoms. The van der Waals surface area contributed by atoms with Gasteiger partial charge in [0, 0.05) is 18.2 Å². The summed E-state index contributed by atoms with van der Waals surface area (Å²) in [6, 6.07) is 11.8. The molecule has 0 aliphatic heterocycles. The second-order valence-electron chi connectivity index (χ2n) is 5.34. The van der Waals surface area contributed by atoms with E-state index in [1.807, 2.05) is 30.3 Å². The number of H-pyrrole nitrogens is 1. The van der Waals surface area contributed by atoms with Crippen LogP contribution in [-0.2, 0) is 0 Å². The summed E-state index contributed by atoms with van der Waals surface area (Å²) in [4.78, 5) is 14.3. The van der Waals surface area contributed by atoms with Crippen LogP contribution in [-0.4, -0.2) is 45.3 Å². The Morgan fingerprint density at radius 1 is 1.33 bits per heavy atom. The van der Waals surface area contributed by atoms with Crippen LogP contribution in [0.4, 0.5) is 0 Å². The van der Waals surface area contributed by atoms with E-state index < -0.39 is 0 Å². The molecule has 0 saturated heterocycles. The lowest BCUT2D eigenvalue weighted by Crippen LogP contribution is -2.45. The molecule has 0 bridgehead atoms. The first-order chi connectivity index (χ1) is 10.3. The molecule has 1 heterocycles. The van der Waals surface area contributed by atoms with Crippen LogP contribution in [0.2, 0.25) is 0 Å². The van der Waals surface area contributed by atoms with E-state index in [-0.39, 0.29) is 18.6 Å². The van der Waals surface area contributed by atoms with Crippen LogP contribution in [0.15, 0.2) is 36.4 Å². The van der Waals surface area contributed by atoms with Crippen LogP contribution < -0.4 is 0 Å². The van der Waals surface area contributed by atoms with Crippen LogP contribution in [0.3, 0.4) is 0 Å². The van der Waals surface area contributed by atoms with Crippen molar-refractivity contribution >= 4 is 5.91 Å². The highest BCUT2D eigenvalue weighted by atomic mass is 16.3. The number of nitrogens with zero attached hydrogens (tertiary/aromatic N) is 2. The lowest BCUT2D eigenvalue weighted by atomic mass is 9.91. The van der Waals surface area contributed by atoms with Gasteiger partial charge in [0.1, 0.15) is 5.69 Å². The molecule has 2 aromatic rings. The number of hydrogen-bond donors (Lipinski definition) is 2. The second-order valence-corrected chi connectivity index (χ2v) is 5.34. The van der Waals surface area contributed by atoms with E-state index >= 15 is 0 Å². The minimum absolute atomic E-state index is 0.0120. The van der Waals surface area contributed by atoms with Crippen molar-refractivity contribution in [2.45, 2.75) is 25.3 Å². The third-order valence-corrected chi connectivity index (χ3v) is 4.00. The monoisotopic (exact) mass is 285 g/mol. The Balaban J connectivity index is 1.79. The van der Waals surface area contributed by atoms with E-state index in [9.17, 15) is 4.79 Å². The van der Waals surface area contributed by atoms with Gasteiger partial charge in [0.05, 0.1) is 12.3 Å². The van der Waals surface area contributed by atoms with Crippen molar-refractivity contribution in [3.63, 3.8) is 0 Å². The normalized spacial score (nSPS) is 14.7. The number of carbonyl (C=O) groups excluding carboxylic acids is 1. The fraction of sp³-hybridized carbons (Fsp3) is 0.375. The Morgan fingerprint density at radius 3 is 2.71 bits per heavy atom. The van der Waals surface area contributed by atoms with E-state index in [1.54, 1.807) is 11.0 Å². The molecule has 1 amide bonds. The lowest BCUT2D eigenvalue weighted by Gasteiger charge is -2.36. The molecule has 1 aliphatic carbocycles. The molecule has 1 saturated carbocycles. The Bertz CT molecular complexity index is 605. The van der Waals surface area contributed by atoms with Crippen molar-refractivity contribution in [3.05, 3.63) is 42.1 Å². The molecular weight excluding hydrogens is 266 g/mol. The SMILES string of the molecule is O=C(c1cc(-c2ccccc2)n[nH]1)N(CCO)C1CCC1. The Kier molecular flexibility index (Phi) is 4.01. The number of amides is 1. The molecule has 3 rings (SSSR count). The van der Waals surface area contributed by atoms with Gasteiger partial charge in [0.25, 0.3) is 5.91 Å². The first kappa shape index (κ1) is 13.8. The summed E-state index contributed by atoms with van der Waals surface area (Å²) < 4.78 is 0. The van der Waals surface area contributed by atoms with E-state index in [4.69, 9.17) is 5.11 Å². The van der Waals surface area contributed by atoms with E-state index in [2.05, 4.69) is 10.2 Å². The average Bonchev–Trinajstić information content (AvgIpc) is 2.95. The highest BCUT2D eigenvalue weighted by Gasteiger charge is 2.29. The molecule has 2 N–H and O–H groups in total. The van der Waals surface area contributed by atoms with E-state index in [0.717, 1.165) is 30.5 Å². The highest BCUT2D eigenvalue weighted by Crippen LogP contribution is 2.26. The van der Waals surface area contributed by atoms with Gasteiger partial charge in [-0.15, -0.1) is 0 Å². The van der Waals surface area contributed by atoms with Gasteiger partial charge in [-0.2, -0.15) is 5.10 Å². The van der Waals surface area contributed by atoms with Crippen molar-refractivity contribution in [1.82, 2.24) is 15.1 Å². The van der Waals surface area contributed by atoms with Gasteiger partial charge in [-0.05, 0) is 25.3 Å². The number of hydrogen-bond acceptors (Lipinski definition) is 3. The highest BCUT2D eigenvalue weighted by molar-refractivity contribution is 5.93. The number of aliphatic hydroxyl groups is 1. The van der Waals surface area contributed by atoms with Crippen LogP contribution in [0.1, 0.15) is 29.8 Å². The van der Waals surface area contributed by atoms with Gasteiger partial charge < -0.3 is 10.0 Å². The van der Waals surface area contributed by atoms with Gasteiger partial charge in [-0.25, -0.2) is 0 Å². The maximum Gasteiger partial charge on any atom is 0.272 e. The summed E-state index contributed by atoms with van der Waals surface area (Å²) in [6.45, 7) is 0.366. The van der Waals surface area contributed by atoms with Crippen LogP contribution >= 0.6 is 0 Å². The van der Waals surface area contributed by atoms with E-state index in [1.165, 1.54) is 0 Å². The van der Waals surface area contributed by atoms with Gasteiger partial charge in [0.15, 0.2) is 0 Å². The zero-order chi connectivity index (χ0) is 14.7. The average molecular weight is 285 g/mol. The molecule has 1 fully saturated rings. The standard InChI is InChI=1S/C16H19N3O2/c20-10-9-19(13-7-4-8-13)16(21)15-11-14(17-18-15)12-5-2-1-3-6-12/h1-3,5-6,11,13,20H,4,7-10H2,(H,17,18). The Morgan fingerprint density at radius 2 is 2.10 bits per heavy atom. The molecule has 1 aromatic heterocycles. The van der Waals surface area contributed by atoms with Crippen molar-refractivity contribution < 1.29 is 9.90 Å². The largest absolute Gasteiger partial charge is 0.395 e. The molecule has 0 atom stereocenters. The minimum atomic E-state index is -0.0802. The van der Waals surface area contributed by atoms with Crippen molar-refractivity contribution in [1.29, 1.82) is 0 Å². The third kappa shape index (κ3) is 2.83. The van der Waals surface area contributed by atoms with Gasteiger partial charge in [-0.1, -0.05) is 30.3 Å². The molecule has 110 valence electrons. The molecule has 0 spiro atoms. The first-order valence-corrected chi connectivity index (χ1v) is 7.32. The number of aromatic amines is 1. The summed E-state index contributed by atoms with van der Waals surface area (Å²) in [5, 5.41) is 16.2. The van der Waals surface area contributed by atoms with E-state index in [0.29, 0.717) is 12.2 Å². The number of aliphatic hydroxyl groups excluding tert-OH is 1. The summed E-state index contributed by atoms with van der Waals surface area (Å²) in [6.07, 6.45) is 3.19. The van der Waals surface area contributed by atoms with Gasteiger partial charge in [-0.3, -0.25) is 9.89 Å². The first-order valence-electron chi connectivity index (χ1n) is 7.32. The van der Waals surface area contributed by atoms with Gasteiger partial charge >= 0.3 is 0 Å². The summed E-state index contributed by atoms with van der Waals surface area (Å²) in [7, 11) is 0. The number of nitrogens with one attached hydrogen (secondary N) is 1. The van der Waals surface area contributed by atoms with Crippen LogP contribution in [0.25, 0.3) is 11.3 Å². The van der Waals surface area contributed by atoms with Crippen molar-refractivity contribution in [2.75, 3.05) is 13.2 Å².